The number of benzene rings is 1. The minimum Gasteiger partial charge on any atom is -0.339 e. The van der Waals surface area contributed by atoms with E-state index in [9.17, 15) is 13.2 Å². The second kappa shape index (κ2) is 7.79. The number of amides is 1. The summed E-state index contributed by atoms with van der Waals surface area (Å²) in [6.45, 7) is 1.59. The molecule has 3 rings (SSSR count). The first-order valence-corrected chi connectivity index (χ1v) is 10.6. The molecule has 0 bridgehead atoms. The van der Waals surface area contributed by atoms with Gasteiger partial charge in [0.1, 0.15) is 0 Å². The minimum atomic E-state index is -3.25. The van der Waals surface area contributed by atoms with Gasteiger partial charge in [0.25, 0.3) is 0 Å². The van der Waals surface area contributed by atoms with Gasteiger partial charge in [-0.05, 0) is 35.7 Å². The van der Waals surface area contributed by atoms with E-state index in [4.69, 9.17) is 4.52 Å². The summed E-state index contributed by atoms with van der Waals surface area (Å²) in [6.07, 6.45) is 0.506. The van der Waals surface area contributed by atoms with Crippen LogP contribution in [-0.2, 0) is 21.1 Å². The summed E-state index contributed by atoms with van der Waals surface area (Å²) in [5, 5.41) is 10.5. The van der Waals surface area contributed by atoms with Crippen molar-refractivity contribution in [1.29, 1.82) is 0 Å². The molecule has 0 unspecified atom stereocenters. The van der Waals surface area contributed by atoms with Gasteiger partial charge in [-0.15, -0.1) is 0 Å². The molecule has 0 spiro atoms. The molecule has 3 aromatic rings. The van der Waals surface area contributed by atoms with Crippen LogP contribution in [0.15, 0.2) is 50.5 Å². The first-order chi connectivity index (χ1) is 12.5. The van der Waals surface area contributed by atoms with Gasteiger partial charge in [-0.1, -0.05) is 12.1 Å². The second-order valence-corrected chi connectivity index (χ2v) is 8.56. The van der Waals surface area contributed by atoms with Gasteiger partial charge in [-0.2, -0.15) is 16.3 Å². The topological polar surface area (TPSA) is 102 Å². The Balaban J connectivity index is 1.54. The number of thiophene rings is 1. The highest BCUT2D eigenvalue weighted by Crippen LogP contribution is 2.19. The molecule has 0 saturated carbocycles. The third kappa shape index (κ3) is 4.36. The number of aromatic nitrogens is 2. The summed E-state index contributed by atoms with van der Waals surface area (Å²) < 4.78 is 28.7. The maximum atomic E-state index is 12.0. The van der Waals surface area contributed by atoms with E-state index in [-0.39, 0.29) is 23.0 Å². The summed E-state index contributed by atoms with van der Waals surface area (Å²) in [6, 6.07) is 8.01. The number of rotatable bonds is 7. The number of anilines is 1. The lowest BCUT2D eigenvalue weighted by molar-refractivity contribution is -0.116. The normalized spacial score (nSPS) is 11.4. The molecule has 0 atom stereocenters. The summed E-state index contributed by atoms with van der Waals surface area (Å²) in [4.78, 5) is 16.5. The first kappa shape index (κ1) is 18.3. The highest BCUT2D eigenvalue weighted by Gasteiger charge is 2.13. The fraction of sp³-hybridized carbons (Fsp3) is 0.235. The Bertz CT molecular complexity index is 977. The number of carbonyl (C=O) groups is 1. The summed E-state index contributed by atoms with van der Waals surface area (Å²) in [7, 11) is -3.25. The van der Waals surface area contributed by atoms with E-state index in [2.05, 4.69) is 15.5 Å². The molecule has 0 fully saturated rings. The molecule has 1 N–H and O–H groups in total. The highest BCUT2D eigenvalue weighted by molar-refractivity contribution is 7.91. The fourth-order valence-electron chi connectivity index (χ4n) is 2.22. The van der Waals surface area contributed by atoms with Crippen molar-refractivity contribution in [3.05, 3.63) is 47.0 Å². The molecule has 0 aliphatic rings. The molecule has 2 aromatic heterocycles. The van der Waals surface area contributed by atoms with Crippen LogP contribution in [0.5, 0.6) is 0 Å². The molecule has 0 saturated heterocycles. The van der Waals surface area contributed by atoms with Crippen LogP contribution in [0.1, 0.15) is 19.2 Å². The van der Waals surface area contributed by atoms with E-state index in [1.54, 1.807) is 30.4 Å². The van der Waals surface area contributed by atoms with Gasteiger partial charge in [0.05, 0.1) is 10.6 Å². The lowest BCUT2D eigenvalue weighted by Gasteiger charge is -2.06. The van der Waals surface area contributed by atoms with Crippen molar-refractivity contribution in [2.45, 2.75) is 24.7 Å². The molecule has 1 amide bonds. The van der Waals surface area contributed by atoms with E-state index >= 15 is 0 Å². The number of nitrogens with one attached hydrogen (secondary N) is 1. The largest absolute Gasteiger partial charge is 0.339 e. The monoisotopic (exact) mass is 391 g/mol. The van der Waals surface area contributed by atoms with Gasteiger partial charge in [-0.3, -0.25) is 4.79 Å². The van der Waals surface area contributed by atoms with Crippen molar-refractivity contribution >= 4 is 32.8 Å². The van der Waals surface area contributed by atoms with Crippen LogP contribution in [0.25, 0.3) is 11.4 Å². The zero-order chi connectivity index (χ0) is 18.6. The molecule has 136 valence electrons. The minimum absolute atomic E-state index is 0.0380. The predicted octanol–water partition coefficient (Wildman–Crippen LogP) is 3.16. The maximum absolute atomic E-state index is 12.0. The Morgan fingerprint density at radius 3 is 2.65 bits per heavy atom. The molecule has 2 heterocycles. The van der Waals surface area contributed by atoms with Crippen LogP contribution in [0, 0.1) is 0 Å². The molecule has 7 nitrogen and oxygen atoms in total. The SMILES string of the molecule is CCS(=O)(=O)c1ccc(NC(=O)CCc2nc(-c3ccsc3)no2)cc1. The standard InChI is InChI=1S/C17H17N3O4S2/c1-2-26(22,23)14-5-3-13(4-6-14)18-15(21)7-8-16-19-17(20-24-16)12-9-10-25-11-12/h3-6,9-11H,2,7-8H2,1H3,(H,18,21). The Morgan fingerprint density at radius 2 is 2.00 bits per heavy atom. The fourth-order valence-corrected chi connectivity index (χ4v) is 3.74. The molecule has 0 radical (unpaired) electrons. The third-order valence-corrected chi connectivity index (χ3v) is 6.12. The van der Waals surface area contributed by atoms with Gasteiger partial charge < -0.3 is 9.84 Å². The first-order valence-electron chi connectivity index (χ1n) is 7.96. The number of sulfone groups is 1. The lowest BCUT2D eigenvalue weighted by atomic mass is 10.2. The molecular formula is C17H17N3O4S2. The number of aryl methyl sites for hydroxylation is 1. The van der Waals surface area contributed by atoms with Crippen molar-refractivity contribution < 1.29 is 17.7 Å². The van der Waals surface area contributed by atoms with E-state index in [1.807, 2.05) is 16.8 Å². The molecule has 9 heteroatoms. The molecule has 0 aliphatic carbocycles. The van der Waals surface area contributed by atoms with Gasteiger partial charge in [0, 0.05) is 29.5 Å². The molecule has 1 aromatic carbocycles. The average Bonchev–Trinajstić information content (AvgIpc) is 3.32. The van der Waals surface area contributed by atoms with Crippen LogP contribution in [-0.4, -0.2) is 30.2 Å². The summed E-state index contributed by atoms with van der Waals surface area (Å²) >= 11 is 1.54. The Labute approximate surface area is 155 Å². The van der Waals surface area contributed by atoms with Gasteiger partial charge in [-0.25, -0.2) is 8.42 Å². The Hall–Kier alpha value is -2.52. The van der Waals surface area contributed by atoms with Crippen LogP contribution in [0.3, 0.4) is 0 Å². The van der Waals surface area contributed by atoms with Crippen LogP contribution >= 0.6 is 11.3 Å². The molecule has 26 heavy (non-hydrogen) atoms. The quantitative estimate of drug-likeness (QED) is 0.664. The zero-order valence-corrected chi connectivity index (χ0v) is 15.6. The van der Waals surface area contributed by atoms with E-state index in [0.29, 0.717) is 23.8 Å². The van der Waals surface area contributed by atoms with Gasteiger partial charge in [0.15, 0.2) is 9.84 Å². The van der Waals surface area contributed by atoms with Crippen molar-refractivity contribution in [2.24, 2.45) is 0 Å². The summed E-state index contributed by atoms with van der Waals surface area (Å²) in [5.41, 5.74) is 1.42. The Morgan fingerprint density at radius 1 is 1.23 bits per heavy atom. The predicted molar refractivity (Wildman–Crippen MR) is 98.7 cm³/mol. The smallest absolute Gasteiger partial charge is 0.227 e. The highest BCUT2D eigenvalue weighted by atomic mass is 32.2. The van der Waals surface area contributed by atoms with Gasteiger partial charge >= 0.3 is 0 Å². The third-order valence-electron chi connectivity index (χ3n) is 3.69. The van der Waals surface area contributed by atoms with Crippen LogP contribution < -0.4 is 5.32 Å². The molecule has 0 aliphatic heterocycles. The number of hydrogen-bond donors (Lipinski definition) is 1. The maximum Gasteiger partial charge on any atom is 0.227 e. The zero-order valence-electron chi connectivity index (χ0n) is 14.0. The lowest BCUT2D eigenvalue weighted by Crippen LogP contribution is -2.12. The van der Waals surface area contributed by atoms with E-state index in [0.717, 1.165) is 5.56 Å². The molecular weight excluding hydrogens is 374 g/mol. The Kier molecular flexibility index (Phi) is 5.48. The van der Waals surface area contributed by atoms with E-state index in [1.165, 1.54) is 12.1 Å². The van der Waals surface area contributed by atoms with Crippen LogP contribution in [0.2, 0.25) is 0 Å². The van der Waals surface area contributed by atoms with Crippen molar-refractivity contribution in [3.8, 4) is 11.4 Å². The van der Waals surface area contributed by atoms with Gasteiger partial charge in [0.2, 0.25) is 17.6 Å². The van der Waals surface area contributed by atoms with E-state index < -0.39 is 9.84 Å². The van der Waals surface area contributed by atoms with Crippen molar-refractivity contribution in [1.82, 2.24) is 10.1 Å². The number of carbonyl (C=O) groups excluding carboxylic acids is 1. The van der Waals surface area contributed by atoms with Crippen molar-refractivity contribution in [3.63, 3.8) is 0 Å². The second-order valence-electron chi connectivity index (χ2n) is 5.50. The number of nitrogens with zero attached hydrogens (tertiary/aromatic N) is 2. The summed E-state index contributed by atoms with van der Waals surface area (Å²) in [5.74, 6) is 0.725. The average molecular weight is 391 g/mol. The van der Waals surface area contributed by atoms with Crippen LogP contribution in [0.4, 0.5) is 5.69 Å². The van der Waals surface area contributed by atoms with Crippen molar-refractivity contribution in [2.75, 3.05) is 11.1 Å². The number of hydrogen-bond acceptors (Lipinski definition) is 7.